The lowest BCUT2D eigenvalue weighted by Gasteiger charge is -2.33. The number of ether oxygens (including phenoxy) is 1. The van der Waals surface area contributed by atoms with E-state index in [2.05, 4.69) is 27.8 Å². The van der Waals surface area contributed by atoms with Gasteiger partial charge in [-0.2, -0.15) is 0 Å². The van der Waals surface area contributed by atoms with Crippen LogP contribution in [0, 0.1) is 0 Å². The largest absolute Gasteiger partial charge is 0.507 e. The van der Waals surface area contributed by atoms with Crippen LogP contribution in [0.1, 0.15) is 47.7 Å². The molecule has 2 aromatic carbocycles. The number of phenolic OH excluding ortho intramolecular Hbond substituents is 1. The molecule has 27 heavy (non-hydrogen) atoms. The Morgan fingerprint density at radius 1 is 1.22 bits per heavy atom. The zero-order valence-electron chi connectivity index (χ0n) is 15.2. The molecule has 2 heterocycles. The summed E-state index contributed by atoms with van der Waals surface area (Å²) >= 11 is 3.41. The van der Waals surface area contributed by atoms with Gasteiger partial charge in [0.15, 0.2) is 5.76 Å². The molecule has 5 heteroatoms. The fourth-order valence-corrected chi connectivity index (χ4v) is 4.02. The number of carbonyl (C=O) groups is 1. The molecule has 1 N–H and O–H groups in total. The number of ketones is 1. The number of hydrogen-bond acceptors (Lipinski definition) is 4. The monoisotopic (exact) mass is 427 g/mol. The molecule has 2 aliphatic rings. The summed E-state index contributed by atoms with van der Waals surface area (Å²) < 4.78 is 6.94. The lowest BCUT2D eigenvalue weighted by atomic mass is 10.0. The summed E-state index contributed by atoms with van der Waals surface area (Å²) in [6.07, 6.45) is 5.31. The third-order valence-corrected chi connectivity index (χ3v) is 5.91. The zero-order valence-corrected chi connectivity index (χ0v) is 16.8. The maximum absolute atomic E-state index is 12.8. The van der Waals surface area contributed by atoms with Crippen molar-refractivity contribution in [3.8, 4) is 11.5 Å². The molecule has 0 aliphatic carbocycles. The van der Waals surface area contributed by atoms with Crippen molar-refractivity contribution in [1.82, 2.24) is 4.90 Å². The Kier molecular flexibility index (Phi) is 5.06. The molecule has 0 spiro atoms. The highest BCUT2D eigenvalue weighted by Gasteiger charge is 2.32. The van der Waals surface area contributed by atoms with E-state index in [1.165, 1.54) is 6.42 Å². The van der Waals surface area contributed by atoms with E-state index in [4.69, 9.17) is 4.74 Å². The average Bonchev–Trinajstić information content (AvgIpc) is 2.97. The number of benzene rings is 2. The van der Waals surface area contributed by atoms with Gasteiger partial charge in [-0.3, -0.25) is 9.69 Å². The SMILES string of the molecule is CC1CCCCN1Cc1c(O)ccc2c1O/C(=C\c1ccc(Br)cc1)C2=O. The minimum Gasteiger partial charge on any atom is -0.507 e. The molecule has 2 aromatic rings. The number of rotatable bonds is 3. The Hall–Kier alpha value is -2.11. The average molecular weight is 428 g/mol. The highest BCUT2D eigenvalue weighted by atomic mass is 79.9. The number of Topliss-reactive ketones (excluding diaryl/α,β-unsaturated/α-hetero) is 1. The molecule has 0 aromatic heterocycles. The Labute approximate surface area is 167 Å². The van der Waals surface area contributed by atoms with Crippen molar-refractivity contribution in [1.29, 1.82) is 0 Å². The number of hydrogen-bond donors (Lipinski definition) is 1. The number of allylic oxidation sites excluding steroid dienone is 1. The number of nitrogens with zero attached hydrogens (tertiary/aromatic N) is 1. The number of halogens is 1. The van der Waals surface area contributed by atoms with Gasteiger partial charge in [0.05, 0.1) is 11.1 Å². The normalized spacial score (nSPS) is 21.3. The second kappa shape index (κ2) is 7.49. The van der Waals surface area contributed by atoms with Crippen LogP contribution < -0.4 is 4.74 Å². The Balaban J connectivity index is 1.65. The number of piperidine rings is 1. The van der Waals surface area contributed by atoms with Crippen LogP contribution in [0.25, 0.3) is 6.08 Å². The third-order valence-electron chi connectivity index (χ3n) is 5.39. The first-order valence-corrected chi connectivity index (χ1v) is 10.1. The summed E-state index contributed by atoms with van der Waals surface area (Å²) in [6.45, 7) is 3.80. The molecule has 1 saturated heterocycles. The fraction of sp³-hybridized carbons (Fsp3) is 0.318. The van der Waals surface area contributed by atoms with E-state index in [1.807, 2.05) is 24.3 Å². The van der Waals surface area contributed by atoms with Crippen LogP contribution in [-0.4, -0.2) is 28.4 Å². The van der Waals surface area contributed by atoms with Gasteiger partial charge in [-0.25, -0.2) is 0 Å². The number of likely N-dealkylation sites (tertiary alicyclic amines) is 1. The summed E-state index contributed by atoms with van der Waals surface area (Å²) in [6, 6.07) is 11.4. The molecule has 0 radical (unpaired) electrons. The van der Waals surface area contributed by atoms with Gasteiger partial charge in [0, 0.05) is 17.1 Å². The minimum atomic E-state index is -0.138. The van der Waals surface area contributed by atoms with E-state index >= 15 is 0 Å². The predicted molar refractivity (Wildman–Crippen MR) is 109 cm³/mol. The zero-order chi connectivity index (χ0) is 19.0. The van der Waals surface area contributed by atoms with Crippen LogP contribution in [0.5, 0.6) is 11.5 Å². The first-order valence-electron chi connectivity index (χ1n) is 9.31. The number of phenols is 1. The molecular formula is C22H22BrNO3. The number of fused-ring (bicyclic) bond motifs is 1. The van der Waals surface area contributed by atoms with Gasteiger partial charge >= 0.3 is 0 Å². The van der Waals surface area contributed by atoms with Crippen molar-refractivity contribution >= 4 is 27.8 Å². The van der Waals surface area contributed by atoms with Gasteiger partial charge in [0.1, 0.15) is 11.5 Å². The maximum atomic E-state index is 12.8. The Morgan fingerprint density at radius 3 is 2.74 bits per heavy atom. The molecule has 0 amide bonds. The van der Waals surface area contributed by atoms with E-state index in [0.717, 1.165) is 29.4 Å². The van der Waals surface area contributed by atoms with Gasteiger partial charge in [-0.1, -0.05) is 34.5 Å². The van der Waals surface area contributed by atoms with Gasteiger partial charge in [0.2, 0.25) is 5.78 Å². The molecule has 0 saturated carbocycles. The highest BCUT2D eigenvalue weighted by molar-refractivity contribution is 9.10. The quantitative estimate of drug-likeness (QED) is 0.688. The fourth-order valence-electron chi connectivity index (χ4n) is 3.76. The lowest BCUT2D eigenvalue weighted by molar-refractivity contribution is 0.101. The summed E-state index contributed by atoms with van der Waals surface area (Å²) in [5.74, 6) is 0.845. The van der Waals surface area contributed by atoms with Crippen LogP contribution in [-0.2, 0) is 6.54 Å². The first kappa shape index (κ1) is 18.3. The second-order valence-corrected chi connectivity index (χ2v) is 8.16. The summed E-state index contributed by atoms with van der Waals surface area (Å²) in [5.41, 5.74) is 2.12. The van der Waals surface area contributed by atoms with Gasteiger partial charge in [-0.15, -0.1) is 0 Å². The summed E-state index contributed by atoms with van der Waals surface area (Å²) in [4.78, 5) is 15.1. The van der Waals surface area contributed by atoms with Crippen molar-refractivity contribution in [2.75, 3.05) is 6.54 Å². The van der Waals surface area contributed by atoms with Gasteiger partial charge < -0.3 is 9.84 Å². The third kappa shape index (κ3) is 3.66. The van der Waals surface area contributed by atoms with Crippen molar-refractivity contribution in [3.63, 3.8) is 0 Å². The van der Waals surface area contributed by atoms with Crippen LogP contribution in [0.2, 0.25) is 0 Å². The second-order valence-electron chi connectivity index (χ2n) is 7.25. The van der Waals surface area contributed by atoms with E-state index in [9.17, 15) is 9.90 Å². The smallest absolute Gasteiger partial charge is 0.231 e. The van der Waals surface area contributed by atoms with Crippen LogP contribution in [0.4, 0.5) is 0 Å². The van der Waals surface area contributed by atoms with E-state index < -0.39 is 0 Å². The molecule has 0 bridgehead atoms. The Bertz CT molecular complexity index is 905. The Morgan fingerprint density at radius 2 is 2.00 bits per heavy atom. The lowest BCUT2D eigenvalue weighted by Crippen LogP contribution is -2.36. The van der Waals surface area contributed by atoms with E-state index in [-0.39, 0.29) is 11.5 Å². The predicted octanol–water partition coefficient (Wildman–Crippen LogP) is 5.15. The standard InChI is InChI=1S/C22H22BrNO3/c1-14-4-2-3-11-24(14)13-18-19(25)10-9-17-21(26)20(27-22(17)18)12-15-5-7-16(23)8-6-15/h5-10,12,14,25H,2-4,11,13H2,1H3/b20-12-. The molecular weight excluding hydrogens is 406 g/mol. The van der Waals surface area contributed by atoms with E-state index in [0.29, 0.717) is 35.2 Å². The molecule has 4 rings (SSSR count). The van der Waals surface area contributed by atoms with Crippen LogP contribution in [0.3, 0.4) is 0 Å². The van der Waals surface area contributed by atoms with Crippen molar-refractivity contribution in [3.05, 3.63) is 63.3 Å². The molecule has 1 fully saturated rings. The van der Waals surface area contributed by atoms with Crippen molar-refractivity contribution < 1.29 is 14.6 Å². The summed E-state index contributed by atoms with van der Waals surface area (Å²) in [5, 5.41) is 10.4. The minimum absolute atomic E-state index is 0.138. The van der Waals surface area contributed by atoms with E-state index in [1.54, 1.807) is 18.2 Å². The molecule has 1 unspecified atom stereocenters. The molecule has 4 nitrogen and oxygen atoms in total. The highest BCUT2D eigenvalue weighted by Crippen LogP contribution is 2.40. The molecule has 1 atom stereocenters. The molecule has 140 valence electrons. The summed E-state index contributed by atoms with van der Waals surface area (Å²) in [7, 11) is 0. The first-order chi connectivity index (χ1) is 13.0. The van der Waals surface area contributed by atoms with Crippen LogP contribution in [0.15, 0.2) is 46.6 Å². The molecule has 2 aliphatic heterocycles. The number of carbonyl (C=O) groups excluding carboxylic acids is 1. The van der Waals surface area contributed by atoms with Crippen LogP contribution >= 0.6 is 15.9 Å². The van der Waals surface area contributed by atoms with Gasteiger partial charge in [-0.05, 0) is 62.2 Å². The number of aromatic hydroxyl groups is 1. The van der Waals surface area contributed by atoms with Crippen molar-refractivity contribution in [2.24, 2.45) is 0 Å². The maximum Gasteiger partial charge on any atom is 0.231 e. The van der Waals surface area contributed by atoms with Crippen molar-refractivity contribution in [2.45, 2.75) is 38.8 Å². The topological polar surface area (TPSA) is 49.8 Å². The van der Waals surface area contributed by atoms with Gasteiger partial charge in [0.25, 0.3) is 0 Å².